The van der Waals surface area contributed by atoms with Crippen molar-refractivity contribution < 1.29 is 34.4 Å². The second kappa shape index (κ2) is 9.01. The third kappa shape index (κ3) is 4.03. The van der Waals surface area contributed by atoms with Gasteiger partial charge in [0.05, 0.1) is 5.76 Å². The van der Waals surface area contributed by atoms with Crippen molar-refractivity contribution in [3.8, 4) is 0 Å². The van der Waals surface area contributed by atoms with Gasteiger partial charge in [0.15, 0.2) is 5.78 Å². The fourth-order valence-corrected chi connectivity index (χ4v) is 6.16. The summed E-state index contributed by atoms with van der Waals surface area (Å²) in [7, 11) is 0. The van der Waals surface area contributed by atoms with Crippen molar-refractivity contribution in [1.82, 2.24) is 4.98 Å². The van der Waals surface area contributed by atoms with Crippen LogP contribution in [0.5, 0.6) is 0 Å². The first-order valence-corrected chi connectivity index (χ1v) is 11.5. The Hall–Kier alpha value is -2.75. The van der Waals surface area contributed by atoms with Crippen LogP contribution < -0.4 is 0 Å². The molecule has 0 saturated carbocycles. The Kier molecular flexibility index (Phi) is 6.32. The van der Waals surface area contributed by atoms with Gasteiger partial charge >= 0.3 is 143 Å². The van der Waals surface area contributed by atoms with E-state index in [4.69, 9.17) is 14.5 Å². The van der Waals surface area contributed by atoms with E-state index in [1.54, 1.807) is 0 Å². The van der Waals surface area contributed by atoms with Crippen molar-refractivity contribution in [3.63, 3.8) is 0 Å². The summed E-state index contributed by atoms with van der Waals surface area (Å²) in [5, 5.41) is 13.0. The van der Waals surface area contributed by atoms with Crippen LogP contribution in [0.15, 0.2) is 76.9 Å². The molecular formula is C26H18IrNO3Se-. The molecule has 1 N–H and O–H groups in total. The average Bonchev–Trinajstić information content (AvgIpc) is 3.05. The monoisotopic (exact) mass is 665 g/mol. The minimum absolute atomic E-state index is 0. The Bertz CT molecular complexity index is 1640. The van der Waals surface area contributed by atoms with E-state index in [1.807, 2.05) is 18.2 Å². The molecule has 3 heterocycles. The Morgan fingerprint density at radius 2 is 1.81 bits per heavy atom. The SMILES string of the molecule is CC(=O)/C=C(/C)O.[Ir].[c-]1ccc2oc3cccc4[se]c5cc6ccccc6nc5c1c2c34. The van der Waals surface area contributed by atoms with Gasteiger partial charge in [-0.15, -0.1) is 0 Å². The number of pyridine rings is 1. The number of aliphatic hydroxyl groups excluding tert-OH is 1. The van der Waals surface area contributed by atoms with E-state index >= 15 is 0 Å². The van der Waals surface area contributed by atoms with E-state index in [0.29, 0.717) is 0 Å². The van der Waals surface area contributed by atoms with Crippen LogP contribution >= 0.6 is 0 Å². The predicted octanol–water partition coefficient (Wildman–Crippen LogP) is 6.33. The summed E-state index contributed by atoms with van der Waals surface area (Å²) in [5.74, 6) is -0.0625. The van der Waals surface area contributed by atoms with Crippen molar-refractivity contribution >= 4 is 72.6 Å². The molecule has 4 nitrogen and oxygen atoms in total. The van der Waals surface area contributed by atoms with E-state index in [0.717, 1.165) is 33.0 Å². The number of aliphatic hydroxyl groups is 1. The summed E-state index contributed by atoms with van der Waals surface area (Å²) in [4.78, 5) is 15.0. The molecule has 6 aromatic rings. The molecule has 3 aromatic carbocycles. The summed E-state index contributed by atoms with van der Waals surface area (Å²) in [5.41, 5.74) is 3.97. The van der Waals surface area contributed by atoms with Gasteiger partial charge in [0.2, 0.25) is 0 Å². The zero-order valence-corrected chi connectivity index (χ0v) is 21.4. The number of furan rings is 1. The first kappa shape index (κ1) is 22.4. The normalized spacial score (nSPS) is 11.6. The molecule has 6 heteroatoms. The van der Waals surface area contributed by atoms with Gasteiger partial charge in [-0.1, -0.05) is 0 Å². The van der Waals surface area contributed by atoms with Gasteiger partial charge in [-0.05, 0) is 13.8 Å². The molecule has 161 valence electrons. The third-order valence-electron chi connectivity index (χ3n) is 4.97. The van der Waals surface area contributed by atoms with Gasteiger partial charge in [0.25, 0.3) is 0 Å². The van der Waals surface area contributed by atoms with Crippen LogP contribution in [0.3, 0.4) is 0 Å². The van der Waals surface area contributed by atoms with E-state index in [-0.39, 0.29) is 46.2 Å². The molecule has 0 spiro atoms. The number of ketones is 1. The van der Waals surface area contributed by atoms with Crippen molar-refractivity contribution in [1.29, 1.82) is 0 Å². The summed E-state index contributed by atoms with van der Waals surface area (Å²) >= 11 is 0.190. The van der Waals surface area contributed by atoms with Gasteiger partial charge < -0.3 is 5.11 Å². The molecule has 3 aromatic heterocycles. The first-order valence-electron chi connectivity index (χ1n) is 9.83. The van der Waals surface area contributed by atoms with Crippen LogP contribution in [0.2, 0.25) is 0 Å². The number of carbonyl (C=O) groups excluding carboxylic acids is 1. The van der Waals surface area contributed by atoms with Gasteiger partial charge in [-0.25, -0.2) is 0 Å². The van der Waals surface area contributed by atoms with Gasteiger partial charge in [0, 0.05) is 26.2 Å². The molecule has 1 radical (unpaired) electrons. The summed E-state index contributed by atoms with van der Waals surface area (Å²) < 4.78 is 8.74. The van der Waals surface area contributed by atoms with E-state index < -0.39 is 0 Å². The molecule has 0 aliphatic heterocycles. The van der Waals surface area contributed by atoms with E-state index in [1.165, 1.54) is 39.2 Å². The molecule has 0 aliphatic rings. The van der Waals surface area contributed by atoms with Gasteiger partial charge in [0.1, 0.15) is 0 Å². The standard InChI is InChI=1S/C21H10NOSe.C5H8O2.Ir/c1-2-7-14-12(5-1)11-18-21(22-14)13-6-3-8-15-19(13)20-16(23-15)9-4-10-17(20)24-18;1-4(6)3-5(2)7;/h1-5,7-11H;3,6H,1-2H3;/q-1;;/b;4-3-;. The molecule has 0 atom stereocenters. The zero-order valence-electron chi connectivity index (χ0n) is 17.3. The van der Waals surface area contributed by atoms with Gasteiger partial charge in [-0.2, -0.15) is 0 Å². The molecule has 6 rings (SSSR count). The molecule has 0 unspecified atom stereocenters. The minimum atomic E-state index is -0.125. The molecule has 0 aliphatic carbocycles. The molecule has 32 heavy (non-hydrogen) atoms. The number of benzene rings is 3. The number of para-hydroxylation sites is 1. The maximum absolute atomic E-state index is 10.0. The average molecular weight is 664 g/mol. The van der Waals surface area contributed by atoms with Crippen LogP contribution in [0.4, 0.5) is 0 Å². The zero-order chi connectivity index (χ0) is 21.5. The molecule has 0 bridgehead atoms. The summed E-state index contributed by atoms with van der Waals surface area (Å²) in [6.07, 6.45) is 1.17. The second-order valence-corrected chi connectivity index (χ2v) is 9.62. The van der Waals surface area contributed by atoms with Crippen molar-refractivity contribution in [2.24, 2.45) is 0 Å². The first-order chi connectivity index (χ1) is 15.0. The predicted molar refractivity (Wildman–Crippen MR) is 127 cm³/mol. The topological polar surface area (TPSA) is 63.3 Å². The number of rotatable bonds is 1. The molecule has 0 fully saturated rings. The number of hydrogen-bond acceptors (Lipinski definition) is 4. The van der Waals surface area contributed by atoms with E-state index in [9.17, 15) is 4.79 Å². The molecule has 0 amide bonds. The van der Waals surface area contributed by atoms with Crippen LogP contribution in [0, 0.1) is 6.07 Å². The van der Waals surface area contributed by atoms with Crippen LogP contribution in [-0.4, -0.2) is 30.4 Å². The van der Waals surface area contributed by atoms with Gasteiger partial charge in [-0.3, -0.25) is 4.79 Å². The maximum atomic E-state index is 10.0. The number of fused-ring (bicyclic) bond motifs is 3. The Balaban J connectivity index is 0.000000271. The molecular weight excluding hydrogens is 645 g/mol. The molecule has 0 saturated heterocycles. The fraction of sp³-hybridized carbons (Fsp3) is 0.0769. The number of hydrogen-bond donors (Lipinski definition) is 1. The quantitative estimate of drug-likeness (QED) is 0.0967. The Labute approximate surface area is 203 Å². The summed E-state index contributed by atoms with van der Waals surface area (Å²) in [6, 6.07) is 24.4. The van der Waals surface area contributed by atoms with Crippen molar-refractivity contribution in [3.05, 3.63) is 78.6 Å². The van der Waals surface area contributed by atoms with Crippen LogP contribution in [-0.2, 0) is 24.9 Å². The van der Waals surface area contributed by atoms with Crippen LogP contribution in [0.25, 0.3) is 52.3 Å². The number of allylic oxidation sites excluding steroid dienone is 2. The third-order valence-corrected chi connectivity index (χ3v) is 7.26. The second-order valence-electron chi connectivity index (χ2n) is 7.35. The van der Waals surface area contributed by atoms with Crippen LogP contribution in [0.1, 0.15) is 13.8 Å². The van der Waals surface area contributed by atoms with Crippen molar-refractivity contribution in [2.45, 2.75) is 13.8 Å². The Morgan fingerprint density at radius 3 is 2.56 bits per heavy atom. The van der Waals surface area contributed by atoms with Crippen molar-refractivity contribution in [2.75, 3.05) is 0 Å². The summed E-state index contributed by atoms with van der Waals surface area (Å²) in [6.45, 7) is 2.85. The number of carbonyl (C=O) groups is 1. The Morgan fingerprint density at radius 1 is 1.03 bits per heavy atom. The number of aromatic nitrogens is 1. The fourth-order valence-electron chi connectivity index (χ4n) is 3.81. The number of nitrogens with zero attached hydrogens (tertiary/aromatic N) is 1. The van der Waals surface area contributed by atoms with E-state index in [2.05, 4.69) is 48.5 Å².